The molecule has 3 aromatic rings. The third-order valence-corrected chi connectivity index (χ3v) is 5.03. The van der Waals surface area contributed by atoms with E-state index in [2.05, 4.69) is 5.32 Å². The molecule has 4 rings (SSSR count). The summed E-state index contributed by atoms with van der Waals surface area (Å²) < 4.78 is 0. The maximum absolute atomic E-state index is 12.9. The van der Waals surface area contributed by atoms with Gasteiger partial charge in [-0.1, -0.05) is 54.1 Å². The Hall–Kier alpha value is -3.44. The van der Waals surface area contributed by atoms with Crippen molar-refractivity contribution in [3.8, 4) is 0 Å². The predicted octanol–water partition coefficient (Wildman–Crippen LogP) is 4.28. The Kier molecular flexibility index (Phi) is 5.14. The van der Waals surface area contributed by atoms with E-state index in [4.69, 9.17) is 11.6 Å². The molecule has 0 saturated heterocycles. The van der Waals surface area contributed by atoms with Crippen molar-refractivity contribution in [2.75, 3.05) is 18.4 Å². The summed E-state index contributed by atoms with van der Waals surface area (Å²) in [4.78, 5) is 39.0. The molecule has 0 spiro atoms. The van der Waals surface area contributed by atoms with Crippen molar-refractivity contribution >= 4 is 34.9 Å². The lowest BCUT2D eigenvalue weighted by molar-refractivity contribution is 0.0660. The van der Waals surface area contributed by atoms with Gasteiger partial charge in [0.05, 0.1) is 11.1 Å². The van der Waals surface area contributed by atoms with E-state index in [9.17, 15) is 14.4 Å². The van der Waals surface area contributed by atoms with Gasteiger partial charge in [0.25, 0.3) is 11.8 Å². The molecule has 6 heteroatoms. The minimum atomic E-state index is -0.302. The van der Waals surface area contributed by atoms with Crippen molar-refractivity contribution in [2.45, 2.75) is 0 Å². The molecule has 0 unspecified atom stereocenters. The smallest absolute Gasteiger partial charge is 0.261 e. The van der Waals surface area contributed by atoms with Gasteiger partial charge in [-0.2, -0.15) is 0 Å². The zero-order valence-electron chi connectivity index (χ0n) is 15.4. The van der Waals surface area contributed by atoms with Crippen molar-refractivity contribution < 1.29 is 14.4 Å². The highest BCUT2D eigenvalue weighted by Gasteiger charge is 2.34. The first-order valence-corrected chi connectivity index (χ1v) is 9.52. The number of imide groups is 1. The summed E-state index contributed by atoms with van der Waals surface area (Å²) in [5.74, 6) is -0.760. The van der Waals surface area contributed by atoms with Crippen LogP contribution in [0.4, 0.5) is 5.69 Å². The molecule has 2 amide bonds. The minimum absolute atomic E-state index is 0.156. The number of halogens is 1. The third kappa shape index (κ3) is 3.65. The molecule has 3 aromatic carbocycles. The summed E-state index contributed by atoms with van der Waals surface area (Å²) in [6, 6.07) is 20.7. The van der Waals surface area contributed by atoms with E-state index >= 15 is 0 Å². The maximum atomic E-state index is 12.9. The quantitative estimate of drug-likeness (QED) is 0.492. The van der Waals surface area contributed by atoms with Crippen molar-refractivity contribution in [3.05, 3.63) is 100 Å². The summed E-state index contributed by atoms with van der Waals surface area (Å²) in [5.41, 5.74) is 2.43. The number of rotatable bonds is 6. The van der Waals surface area contributed by atoms with Gasteiger partial charge >= 0.3 is 0 Å². The van der Waals surface area contributed by atoms with E-state index in [1.165, 1.54) is 4.90 Å². The number of nitrogens with zero attached hydrogens (tertiary/aromatic N) is 1. The van der Waals surface area contributed by atoms with E-state index in [0.29, 0.717) is 39.5 Å². The number of carbonyl (C=O) groups is 3. The highest BCUT2D eigenvalue weighted by atomic mass is 35.5. The zero-order valence-corrected chi connectivity index (χ0v) is 16.1. The van der Waals surface area contributed by atoms with E-state index in [1.54, 1.807) is 66.7 Å². The van der Waals surface area contributed by atoms with Crippen LogP contribution >= 0.6 is 11.6 Å². The summed E-state index contributed by atoms with van der Waals surface area (Å²) in [6.07, 6.45) is 0. The van der Waals surface area contributed by atoms with Gasteiger partial charge in [0.1, 0.15) is 0 Å². The van der Waals surface area contributed by atoms with Crippen LogP contribution in [0.15, 0.2) is 72.8 Å². The Morgan fingerprint density at radius 3 is 2.14 bits per heavy atom. The van der Waals surface area contributed by atoms with Crippen molar-refractivity contribution in [1.29, 1.82) is 0 Å². The summed E-state index contributed by atoms with van der Waals surface area (Å²) >= 11 is 6.10. The average Bonchev–Trinajstić information content (AvgIpc) is 3.00. The predicted molar refractivity (Wildman–Crippen MR) is 112 cm³/mol. The molecular weight excluding hydrogens is 388 g/mol. The van der Waals surface area contributed by atoms with E-state index in [1.807, 2.05) is 6.07 Å². The van der Waals surface area contributed by atoms with Crippen LogP contribution in [0.1, 0.15) is 36.6 Å². The van der Waals surface area contributed by atoms with E-state index in [0.717, 1.165) is 0 Å². The molecule has 1 aliphatic heterocycles. The van der Waals surface area contributed by atoms with Crippen LogP contribution in [0, 0.1) is 0 Å². The Labute approximate surface area is 172 Å². The van der Waals surface area contributed by atoms with Gasteiger partial charge in [-0.05, 0) is 30.3 Å². The molecule has 1 N–H and O–H groups in total. The molecule has 0 saturated carbocycles. The molecule has 29 heavy (non-hydrogen) atoms. The van der Waals surface area contributed by atoms with Gasteiger partial charge < -0.3 is 5.32 Å². The van der Waals surface area contributed by atoms with Gasteiger partial charge in [0, 0.05) is 34.9 Å². The molecule has 1 aliphatic rings. The Morgan fingerprint density at radius 1 is 0.862 bits per heavy atom. The van der Waals surface area contributed by atoms with Crippen LogP contribution in [-0.4, -0.2) is 35.6 Å². The minimum Gasteiger partial charge on any atom is -0.383 e. The largest absolute Gasteiger partial charge is 0.383 e. The molecule has 0 bridgehead atoms. The van der Waals surface area contributed by atoms with Gasteiger partial charge in [0.15, 0.2) is 5.78 Å². The highest BCUT2D eigenvalue weighted by molar-refractivity contribution is 6.31. The van der Waals surface area contributed by atoms with Crippen LogP contribution in [0.2, 0.25) is 5.02 Å². The van der Waals surface area contributed by atoms with Crippen LogP contribution in [0.25, 0.3) is 0 Å². The van der Waals surface area contributed by atoms with Crippen LogP contribution < -0.4 is 5.32 Å². The molecule has 0 aromatic heterocycles. The molecule has 0 radical (unpaired) electrons. The number of benzene rings is 3. The van der Waals surface area contributed by atoms with Crippen molar-refractivity contribution in [3.63, 3.8) is 0 Å². The number of fused-ring (bicyclic) bond motifs is 1. The Morgan fingerprint density at radius 2 is 1.48 bits per heavy atom. The number of anilines is 1. The van der Waals surface area contributed by atoms with Gasteiger partial charge in [-0.25, -0.2) is 0 Å². The Balaban J connectivity index is 1.49. The number of ketones is 1. The summed E-state index contributed by atoms with van der Waals surface area (Å²) in [5, 5.41) is 3.61. The molecule has 1 heterocycles. The number of amides is 2. The van der Waals surface area contributed by atoms with Crippen LogP contribution in [0.3, 0.4) is 0 Å². The van der Waals surface area contributed by atoms with Crippen LogP contribution in [0.5, 0.6) is 0 Å². The fraction of sp³-hybridized carbons (Fsp3) is 0.0870. The average molecular weight is 405 g/mol. The monoisotopic (exact) mass is 404 g/mol. The van der Waals surface area contributed by atoms with E-state index < -0.39 is 0 Å². The summed E-state index contributed by atoms with van der Waals surface area (Å²) in [7, 11) is 0. The molecule has 0 aliphatic carbocycles. The first kappa shape index (κ1) is 18.9. The van der Waals surface area contributed by atoms with Gasteiger partial charge in [-0.3, -0.25) is 19.3 Å². The lowest BCUT2D eigenvalue weighted by Gasteiger charge is -2.16. The fourth-order valence-electron chi connectivity index (χ4n) is 3.35. The van der Waals surface area contributed by atoms with Crippen LogP contribution in [-0.2, 0) is 0 Å². The lowest BCUT2D eigenvalue weighted by atomic mass is 10.0. The highest BCUT2D eigenvalue weighted by Crippen LogP contribution is 2.25. The Bertz CT molecular complexity index is 1080. The topological polar surface area (TPSA) is 66.5 Å². The number of hydrogen-bond acceptors (Lipinski definition) is 4. The maximum Gasteiger partial charge on any atom is 0.261 e. The third-order valence-electron chi connectivity index (χ3n) is 4.79. The first-order valence-electron chi connectivity index (χ1n) is 9.14. The molecule has 0 atom stereocenters. The standard InChI is InChI=1S/C23H17ClN2O3/c24-16-10-11-20(19(14-16)21(27)15-6-2-1-3-7-15)25-12-13-26-22(28)17-8-4-5-9-18(17)23(26)29/h1-11,14,25H,12-13H2. The van der Waals surface area contributed by atoms with Crippen molar-refractivity contribution in [1.82, 2.24) is 4.90 Å². The molecular formula is C23H17ClN2O3. The van der Waals surface area contributed by atoms with Gasteiger partial charge in [-0.15, -0.1) is 0 Å². The second kappa shape index (κ2) is 7.89. The number of hydrogen-bond donors (Lipinski definition) is 1. The molecule has 5 nitrogen and oxygen atoms in total. The fourth-order valence-corrected chi connectivity index (χ4v) is 3.52. The van der Waals surface area contributed by atoms with Crippen molar-refractivity contribution in [2.24, 2.45) is 0 Å². The first-order chi connectivity index (χ1) is 14.1. The summed E-state index contributed by atoms with van der Waals surface area (Å²) in [6.45, 7) is 0.496. The lowest BCUT2D eigenvalue weighted by Crippen LogP contribution is -2.34. The number of carbonyl (C=O) groups excluding carboxylic acids is 3. The molecule has 0 fully saturated rings. The second-order valence-corrected chi connectivity index (χ2v) is 7.06. The SMILES string of the molecule is O=C(c1ccccc1)c1cc(Cl)ccc1NCCN1C(=O)c2ccccc2C1=O. The molecule has 144 valence electrons. The zero-order chi connectivity index (χ0) is 20.4. The normalized spacial score (nSPS) is 12.8. The second-order valence-electron chi connectivity index (χ2n) is 6.62. The van der Waals surface area contributed by atoms with E-state index in [-0.39, 0.29) is 24.1 Å². The number of nitrogens with one attached hydrogen (secondary N) is 1. The van der Waals surface area contributed by atoms with Gasteiger partial charge in [0.2, 0.25) is 0 Å².